The summed E-state index contributed by atoms with van der Waals surface area (Å²) in [5.41, 5.74) is -0.475. The molecule has 0 aromatic carbocycles. The quantitative estimate of drug-likeness (QED) is 0.842. The van der Waals surface area contributed by atoms with Crippen molar-refractivity contribution in [3.05, 3.63) is 17.3 Å². The third kappa shape index (κ3) is 4.61. The second-order valence-electron chi connectivity index (χ2n) is 4.86. The molecule has 0 aliphatic heterocycles. The molecule has 0 fully saturated rings. The summed E-state index contributed by atoms with van der Waals surface area (Å²) in [4.78, 5) is 26.7. The minimum Gasteiger partial charge on any atom is -0.464 e. The zero-order valence-corrected chi connectivity index (χ0v) is 11.7. The van der Waals surface area contributed by atoms with Crippen molar-refractivity contribution in [3.63, 3.8) is 0 Å². The number of aromatic nitrogens is 1. The summed E-state index contributed by atoms with van der Waals surface area (Å²) in [5, 5.41) is 2.48. The maximum atomic E-state index is 11.4. The number of carbonyl (C=O) groups excluding carboxylic acids is 2. The van der Waals surface area contributed by atoms with Gasteiger partial charge in [0.25, 0.3) is 0 Å². The molecule has 1 heterocycles. The molecule has 1 aromatic rings. The van der Waals surface area contributed by atoms with Gasteiger partial charge in [0.2, 0.25) is 5.89 Å². The van der Waals surface area contributed by atoms with Crippen LogP contribution in [0.2, 0.25) is 0 Å². The highest BCUT2D eigenvalue weighted by molar-refractivity contribution is 5.88. The van der Waals surface area contributed by atoms with Crippen LogP contribution in [-0.4, -0.2) is 29.8 Å². The molecule has 0 saturated carbocycles. The van der Waals surface area contributed by atoms with E-state index in [1.165, 1.54) is 7.11 Å². The van der Waals surface area contributed by atoms with Crippen LogP contribution in [0.4, 0.5) is 4.79 Å². The van der Waals surface area contributed by atoms with Crippen molar-refractivity contribution in [2.75, 3.05) is 7.11 Å². The van der Waals surface area contributed by atoms with Crippen LogP contribution in [0.3, 0.4) is 0 Å². The number of oxazole rings is 1. The molecule has 1 amide bonds. The summed E-state index contributed by atoms with van der Waals surface area (Å²) in [6.07, 6.45) is -0.581. The molecule has 7 heteroatoms. The summed E-state index contributed by atoms with van der Waals surface area (Å²) in [7, 11) is 1.26. The first kappa shape index (κ1) is 15.0. The molecule has 7 nitrogen and oxygen atoms in total. The Hall–Kier alpha value is -2.05. The number of alkyl carbamates (subject to hydrolysis) is 1. The molecule has 0 spiro atoms. The Morgan fingerprint density at radius 2 is 2.00 bits per heavy atom. The van der Waals surface area contributed by atoms with E-state index >= 15 is 0 Å². The third-order valence-corrected chi connectivity index (χ3v) is 2.00. The van der Waals surface area contributed by atoms with E-state index in [0.717, 1.165) is 0 Å². The summed E-state index contributed by atoms with van der Waals surface area (Å²) in [6.45, 7) is 6.91. The predicted molar refractivity (Wildman–Crippen MR) is 65.7 cm³/mol. The van der Waals surface area contributed by atoms with Crippen LogP contribution in [0.15, 0.2) is 4.42 Å². The highest BCUT2D eigenvalue weighted by Crippen LogP contribution is 2.11. The lowest BCUT2D eigenvalue weighted by Crippen LogP contribution is -2.32. The number of carbonyl (C=O) groups is 2. The molecule has 0 radical (unpaired) electrons. The number of aryl methyl sites for hydroxylation is 1. The molecule has 1 rings (SSSR count). The number of hydrogen-bond donors (Lipinski definition) is 1. The molecule has 0 saturated heterocycles. The van der Waals surface area contributed by atoms with Gasteiger partial charge in [-0.25, -0.2) is 14.6 Å². The van der Waals surface area contributed by atoms with Crippen molar-refractivity contribution in [1.29, 1.82) is 0 Å². The summed E-state index contributed by atoms with van der Waals surface area (Å²) < 4.78 is 14.8. The summed E-state index contributed by atoms with van der Waals surface area (Å²) >= 11 is 0. The van der Waals surface area contributed by atoms with Crippen molar-refractivity contribution in [1.82, 2.24) is 10.3 Å². The number of ether oxygens (including phenoxy) is 2. The fourth-order valence-corrected chi connectivity index (χ4v) is 1.27. The summed E-state index contributed by atoms with van der Waals surface area (Å²) in [6, 6.07) is 0. The van der Waals surface area contributed by atoms with Crippen molar-refractivity contribution in [2.45, 2.75) is 39.8 Å². The van der Waals surface area contributed by atoms with Crippen molar-refractivity contribution < 1.29 is 23.5 Å². The number of nitrogens with one attached hydrogen (secondary N) is 1. The Balaban J connectivity index is 2.60. The predicted octanol–water partition coefficient (Wildman–Crippen LogP) is 1.79. The van der Waals surface area contributed by atoms with Crippen LogP contribution in [0.5, 0.6) is 0 Å². The Morgan fingerprint density at radius 1 is 1.37 bits per heavy atom. The fourth-order valence-electron chi connectivity index (χ4n) is 1.27. The van der Waals surface area contributed by atoms with Crippen LogP contribution in [-0.2, 0) is 16.0 Å². The zero-order chi connectivity index (χ0) is 14.6. The van der Waals surface area contributed by atoms with Crippen LogP contribution in [0.25, 0.3) is 0 Å². The van der Waals surface area contributed by atoms with Crippen molar-refractivity contribution in [2.24, 2.45) is 0 Å². The second kappa shape index (κ2) is 5.73. The van der Waals surface area contributed by atoms with Gasteiger partial charge in [-0.3, -0.25) is 0 Å². The third-order valence-electron chi connectivity index (χ3n) is 2.00. The maximum absolute atomic E-state index is 11.4. The first-order chi connectivity index (χ1) is 8.73. The van der Waals surface area contributed by atoms with Gasteiger partial charge in [0.1, 0.15) is 11.4 Å². The number of esters is 1. The van der Waals surface area contributed by atoms with Gasteiger partial charge in [0.15, 0.2) is 5.69 Å². The highest BCUT2D eigenvalue weighted by Gasteiger charge is 2.19. The second-order valence-corrected chi connectivity index (χ2v) is 4.86. The lowest BCUT2D eigenvalue weighted by Gasteiger charge is -2.19. The zero-order valence-electron chi connectivity index (χ0n) is 11.7. The van der Waals surface area contributed by atoms with Gasteiger partial charge in [-0.15, -0.1) is 0 Å². The summed E-state index contributed by atoms with van der Waals surface area (Å²) in [5.74, 6) is -0.0265. The van der Waals surface area contributed by atoms with Gasteiger partial charge in [-0.05, 0) is 27.7 Å². The van der Waals surface area contributed by atoms with Gasteiger partial charge in [-0.1, -0.05) is 0 Å². The minimum absolute atomic E-state index is 0.0345. The van der Waals surface area contributed by atoms with E-state index in [1.807, 2.05) is 0 Å². The smallest absolute Gasteiger partial charge is 0.408 e. The normalized spacial score (nSPS) is 11.0. The molecule has 19 heavy (non-hydrogen) atoms. The lowest BCUT2D eigenvalue weighted by molar-refractivity contribution is 0.0518. The van der Waals surface area contributed by atoms with Gasteiger partial charge in [-0.2, -0.15) is 0 Å². The van der Waals surface area contributed by atoms with Gasteiger partial charge in [0.05, 0.1) is 13.7 Å². The Kier molecular flexibility index (Phi) is 4.52. The van der Waals surface area contributed by atoms with E-state index in [-0.39, 0.29) is 18.1 Å². The standard InChI is InChI=1S/C12H18N2O5/c1-7-9(10(15)17-5)14-8(18-7)6-13-11(16)19-12(2,3)4/h6H2,1-5H3,(H,13,16). The van der Waals surface area contributed by atoms with E-state index < -0.39 is 17.7 Å². The molecule has 0 aliphatic rings. The monoisotopic (exact) mass is 270 g/mol. The number of methoxy groups -OCH3 is 1. The van der Waals surface area contributed by atoms with E-state index in [4.69, 9.17) is 9.15 Å². The molecule has 0 unspecified atom stereocenters. The van der Waals surface area contributed by atoms with Crippen molar-refractivity contribution >= 4 is 12.1 Å². The van der Waals surface area contributed by atoms with E-state index in [0.29, 0.717) is 5.76 Å². The minimum atomic E-state index is -0.581. The maximum Gasteiger partial charge on any atom is 0.408 e. The first-order valence-corrected chi connectivity index (χ1v) is 5.74. The van der Waals surface area contributed by atoms with Crippen LogP contribution in [0.1, 0.15) is 42.9 Å². The number of amides is 1. The molecular formula is C12H18N2O5. The molecule has 0 bridgehead atoms. The fraction of sp³-hybridized carbons (Fsp3) is 0.583. The average Bonchev–Trinajstić information content (AvgIpc) is 2.65. The lowest BCUT2D eigenvalue weighted by atomic mass is 10.2. The van der Waals surface area contributed by atoms with Crippen molar-refractivity contribution in [3.8, 4) is 0 Å². The largest absolute Gasteiger partial charge is 0.464 e. The number of rotatable bonds is 3. The topological polar surface area (TPSA) is 90.7 Å². The van der Waals surface area contributed by atoms with Gasteiger partial charge < -0.3 is 19.2 Å². The molecule has 0 atom stereocenters. The molecule has 1 aromatic heterocycles. The van der Waals surface area contributed by atoms with E-state index in [1.54, 1.807) is 27.7 Å². The van der Waals surface area contributed by atoms with Gasteiger partial charge in [0, 0.05) is 0 Å². The Bertz CT molecular complexity index is 473. The highest BCUT2D eigenvalue weighted by atomic mass is 16.6. The van der Waals surface area contributed by atoms with Crippen LogP contribution < -0.4 is 5.32 Å². The Morgan fingerprint density at radius 3 is 2.53 bits per heavy atom. The molecule has 1 N–H and O–H groups in total. The van der Waals surface area contributed by atoms with Gasteiger partial charge >= 0.3 is 12.1 Å². The number of nitrogens with zero attached hydrogens (tertiary/aromatic N) is 1. The molecular weight excluding hydrogens is 252 g/mol. The SMILES string of the molecule is COC(=O)c1nc(CNC(=O)OC(C)(C)C)oc1C. The van der Waals surface area contributed by atoms with Crippen LogP contribution in [0, 0.1) is 6.92 Å². The van der Waals surface area contributed by atoms with E-state index in [9.17, 15) is 9.59 Å². The Labute approximate surface area is 111 Å². The average molecular weight is 270 g/mol. The number of hydrogen-bond acceptors (Lipinski definition) is 6. The molecule has 106 valence electrons. The molecule has 0 aliphatic carbocycles. The first-order valence-electron chi connectivity index (χ1n) is 5.74. The van der Waals surface area contributed by atoms with E-state index in [2.05, 4.69) is 15.0 Å². The van der Waals surface area contributed by atoms with Crippen LogP contribution >= 0.6 is 0 Å².